The van der Waals surface area contributed by atoms with Gasteiger partial charge in [-0.25, -0.2) is 14.8 Å². The highest BCUT2D eigenvalue weighted by Crippen LogP contribution is 2.26. The van der Waals surface area contributed by atoms with Crippen LogP contribution in [0.2, 0.25) is 10.0 Å². The van der Waals surface area contributed by atoms with Gasteiger partial charge in [-0.2, -0.15) is 0 Å². The van der Waals surface area contributed by atoms with Gasteiger partial charge in [-0.15, -0.1) is 0 Å². The van der Waals surface area contributed by atoms with E-state index in [1.807, 2.05) is 13.1 Å². The normalized spacial score (nSPS) is 14.4. The number of fused-ring (bicyclic) bond motifs is 1. The van der Waals surface area contributed by atoms with E-state index in [2.05, 4.69) is 20.6 Å². The Morgan fingerprint density at radius 1 is 1.37 bits per heavy atom. The predicted octanol–water partition coefficient (Wildman–Crippen LogP) is 3.02. The molecule has 3 rings (SSSR count). The molecule has 2 heterocycles. The Morgan fingerprint density at radius 3 is 2.89 bits per heavy atom. The van der Waals surface area contributed by atoms with Crippen LogP contribution in [0.4, 0.5) is 10.7 Å². The molecule has 1 atom stereocenters. The van der Waals surface area contributed by atoms with Gasteiger partial charge in [-0.1, -0.05) is 29.3 Å². The summed E-state index contributed by atoms with van der Waals surface area (Å²) in [5, 5.41) is 16.4. The molecule has 0 bridgehead atoms. The van der Waals surface area contributed by atoms with E-state index < -0.39 is 6.04 Å². The molecule has 1 aliphatic heterocycles. The number of nitrogens with zero attached hydrogens (tertiary/aromatic N) is 3. The second-order valence-electron chi connectivity index (χ2n) is 6.23. The van der Waals surface area contributed by atoms with Crippen LogP contribution in [0.3, 0.4) is 0 Å². The Bertz CT molecular complexity index is 833. The number of urea groups is 1. The average Bonchev–Trinajstić information content (AvgIpc) is 2.68. The second-order valence-corrected chi connectivity index (χ2v) is 7.04. The van der Waals surface area contributed by atoms with Crippen LogP contribution in [-0.4, -0.2) is 45.7 Å². The number of rotatable bonds is 5. The van der Waals surface area contributed by atoms with Gasteiger partial charge < -0.3 is 20.6 Å². The quantitative estimate of drug-likeness (QED) is 0.705. The molecule has 0 unspecified atom stereocenters. The minimum absolute atomic E-state index is 0.249. The minimum atomic E-state index is -0.573. The number of aliphatic hydroxyl groups is 1. The Kier molecular flexibility index (Phi) is 6.36. The second kappa shape index (κ2) is 8.73. The fourth-order valence-electron chi connectivity index (χ4n) is 2.92. The summed E-state index contributed by atoms with van der Waals surface area (Å²) in [6, 6.07) is 4.18. The van der Waals surface area contributed by atoms with Crippen molar-refractivity contribution in [2.24, 2.45) is 0 Å². The smallest absolute Gasteiger partial charge is 0.318 e. The zero-order valence-electron chi connectivity index (χ0n) is 14.9. The SMILES string of the molecule is CCNc1ncc2c(n1)CN(C(=O)N[C@H](CO)c1ccc(Cl)c(Cl)c1)CC2. The van der Waals surface area contributed by atoms with Gasteiger partial charge in [0.25, 0.3) is 0 Å². The van der Waals surface area contributed by atoms with Crippen LogP contribution in [0.15, 0.2) is 24.4 Å². The summed E-state index contributed by atoms with van der Waals surface area (Å²) < 4.78 is 0. The molecule has 1 aromatic carbocycles. The van der Waals surface area contributed by atoms with Crippen molar-refractivity contribution >= 4 is 35.2 Å². The van der Waals surface area contributed by atoms with E-state index in [0.29, 0.717) is 41.1 Å². The third-order valence-corrected chi connectivity index (χ3v) is 5.13. The zero-order valence-corrected chi connectivity index (χ0v) is 16.4. The van der Waals surface area contributed by atoms with Crippen LogP contribution in [0, 0.1) is 0 Å². The average molecular weight is 410 g/mol. The number of carbonyl (C=O) groups is 1. The lowest BCUT2D eigenvalue weighted by Crippen LogP contribution is -2.45. The molecule has 1 aromatic heterocycles. The maximum absolute atomic E-state index is 12.7. The summed E-state index contributed by atoms with van der Waals surface area (Å²) in [4.78, 5) is 23.1. The molecule has 7 nitrogen and oxygen atoms in total. The first-order valence-electron chi connectivity index (χ1n) is 8.71. The predicted molar refractivity (Wildman–Crippen MR) is 105 cm³/mol. The molecular weight excluding hydrogens is 389 g/mol. The van der Waals surface area contributed by atoms with Gasteiger partial charge in [-0.3, -0.25) is 0 Å². The van der Waals surface area contributed by atoms with E-state index in [9.17, 15) is 9.90 Å². The highest BCUT2D eigenvalue weighted by atomic mass is 35.5. The van der Waals surface area contributed by atoms with Crippen LogP contribution in [0.25, 0.3) is 0 Å². The molecular formula is C18H21Cl2N5O2. The monoisotopic (exact) mass is 409 g/mol. The number of hydrogen-bond donors (Lipinski definition) is 3. The molecule has 27 heavy (non-hydrogen) atoms. The Labute approximate surface area is 167 Å². The number of nitrogens with one attached hydrogen (secondary N) is 2. The van der Waals surface area contributed by atoms with E-state index in [1.54, 1.807) is 23.1 Å². The lowest BCUT2D eigenvalue weighted by atomic mass is 10.1. The largest absolute Gasteiger partial charge is 0.394 e. The number of aliphatic hydroxyl groups excluding tert-OH is 1. The van der Waals surface area contributed by atoms with E-state index in [0.717, 1.165) is 17.8 Å². The van der Waals surface area contributed by atoms with Crippen molar-refractivity contribution in [3.63, 3.8) is 0 Å². The Hall–Kier alpha value is -2.09. The summed E-state index contributed by atoms with van der Waals surface area (Å²) in [6.07, 6.45) is 2.49. The van der Waals surface area contributed by atoms with Crippen molar-refractivity contribution in [1.82, 2.24) is 20.2 Å². The summed E-state index contributed by atoms with van der Waals surface area (Å²) in [5.41, 5.74) is 2.57. The molecule has 0 aliphatic carbocycles. The standard InChI is InChI=1S/C18H21Cl2N5O2/c1-2-21-17-22-8-12-5-6-25(9-15(12)23-17)18(27)24-16(10-26)11-3-4-13(19)14(20)7-11/h3-4,7-8,16,26H,2,5-6,9-10H2,1H3,(H,24,27)(H,21,22,23)/t16-/m1/s1. The van der Waals surface area contributed by atoms with E-state index in [1.165, 1.54) is 0 Å². The summed E-state index contributed by atoms with van der Waals surface area (Å²) in [5.74, 6) is 0.558. The van der Waals surface area contributed by atoms with Crippen molar-refractivity contribution in [3.05, 3.63) is 51.3 Å². The number of halogens is 2. The molecule has 144 valence electrons. The molecule has 9 heteroatoms. The van der Waals surface area contributed by atoms with Crippen molar-refractivity contribution in [2.75, 3.05) is 25.0 Å². The molecule has 2 aromatic rings. The molecule has 0 fully saturated rings. The van der Waals surface area contributed by atoms with Gasteiger partial charge in [0.1, 0.15) is 0 Å². The van der Waals surface area contributed by atoms with Crippen LogP contribution < -0.4 is 10.6 Å². The minimum Gasteiger partial charge on any atom is -0.394 e. The van der Waals surface area contributed by atoms with Crippen LogP contribution in [-0.2, 0) is 13.0 Å². The third-order valence-electron chi connectivity index (χ3n) is 4.39. The van der Waals surface area contributed by atoms with Gasteiger partial charge in [0.2, 0.25) is 5.95 Å². The fourth-order valence-corrected chi connectivity index (χ4v) is 3.23. The summed E-state index contributed by atoms with van der Waals surface area (Å²) in [6.45, 7) is 3.40. The van der Waals surface area contributed by atoms with Gasteiger partial charge in [0.05, 0.1) is 34.9 Å². The molecule has 0 saturated carbocycles. The summed E-state index contributed by atoms with van der Waals surface area (Å²) in [7, 11) is 0. The molecule has 2 amide bonds. The fraction of sp³-hybridized carbons (Fsp3) is 0.389. The highest BCUT2D eigenvalue weighted by molar-refractivity contribution is 6.42. The first kappa shape index (κ1) is 19.7. The Morgan fingerprint density at radius 2 is 2.19 bits per heavy atom. The molecule has 0 saturated heterocycles. The van der Waals surface area contributed by atoms with Gasteiger partial charge in [0.15, 0.2) is 0 Å². The first-order valence-corrected chi connectivity index (χ1v) is 9.47. The number of benzene rings is 1. The topological polar surface area (TPSA) is 90.4 Å². The van der Waals surface area contributed by atoms with Crippen LogP contribution in [0.1, 0.15) is 29.8 Å². The van der Waals surface area contributed by atoms with E-state index >= 15 is 0 Å². The molecule has 0 radical (unpaired) electrons. The number of anilines is 1. The summed E-state index contributed by atoms with van der Waals surface area (Å²) >= 11 is 12.0. The van der Waals surface area contributed by atoms with E-state index in [4.69, 9.17) is 23.2 Å². The highest BCUT2D eigenvalue weighted by Gasteiger charge is 2.24. The lowest BCUT2D eigenvalue weighted by Gasteiger charge is -2.30. The number of carbonyl (C=O) groups excluding carboxylic acids is 1. The lowest BCUT2D eigenvalue weighted by molar-refractivity contribution is 0.176. The Balaban J connectivity index is 1.70. The van der Waals surface area contributed by atoms with E-state index in [-0.39, 0.29) is 12.6 Å². The maximum atomic E-state index is 12.7. The van der Waals surface area contributed by atoms with Crippen LogP contribution in [0.5, 0.6) is 0 Å². The maximum Gasteiger partial charge on any atom is 0.318 e. The molecule has 3 N–H and O–H groups in total. The molecule has 1 aliphatic rings. The first-order chi connectivity index (χ1) is 13.0. The van der Waals surface area contributed by atoms with Crippen molar-refractivity contribution in [3.8, 4) is 0 Å². The van der Waals surface area contributed by atoms with Gasteiger partial charge in [0, 0.05) is 19.3 Å². The van der Waals surface area contributed by atoms with Gasteiger partial charge in [-0.05, 0) is 36.6 Å². The van der Waals surface area contributed by atoms with Gasteiger partial charge >= 0.3 is 6.03 Å². The third kappa shape index (κ3) is 4.61. The number of amides is 2. The van der Waals surface area contributed by atoms with Crippen molar-refractivity contribution in [1.29, 1.82) is 0 Å². The number of aromatic nitrogens is 2. The van der Waals surface area contributed by atoms with Crippen molar-refractivity contribution in [2.45, 2.75) is 25.9 Å². The number of hydrogen-bond acceptors (Lipinski definition) is 5. The van der Waals surface area contributed by atoms with Crippen molar-refractivity contribution < 1.29 is 9.90 Å². The molecule has 0 spiro atoms. The van der Waals surface area contributed by atoms with Crippen LogP contribution >= 0.6 is 23.2 Å². The zero-order chi connectivity index (χ0) is 19.4.